The zero-order valence-electron chi connectivity index (χ0n) is 18.2. The molecule has 4 bridgehead atoms. The molecule has 0 spiro atoms. The predicted octanol–water partition coefficient (Wildman–Crippen LogP) is 4.15. The minimum atomic E-state index is -3.57. The maximum absolute atomic E-state index is 13.4. The van der Waals surface area contributed by atoms with Crippen LogP contribution < -0.4 is 0 Å². The SMILES string of the molecule is CC1CCCCN1S(=O)(=O)c1cccc(C(=O)N(C)C2C3CC4CC(C3)CC2C4)c1. The average molecular weight is 431 g/mol. The minimum absolute atomic E-state index is 0.0128. The summed E-state index contributed by atoms with van der Waals surface area (Å²) < 4.78 is 28.1. The lowest BCUT2D eigenvalue weighted by Crippen LogP contribution is -2.56. The molecular weight excluding hydrogens is 396 g/mol. The number of carbonyl (C=O) groups is 1. The van der Waals surface area contributed by atoms with Crippen LogP contribution in [0.1, 0.15) is 68.6 Å². The highest BCUT2D eigenvalue weighted by molar-refractivity contribution is 7.89. The molecule has 5 aliphatic rings. The van der Waals surface area contributed by atoms with Gasteiger partial charge in [-0.1, -0.05) is 12.5 Å². The minimum Gasteiger partial charge on any atom is -0.338 e. The molecule has 1 unspecified atom stereocenters. The van der Waals surface area contributed by atoms with Crippen LogP contribution in [0, 0.1) is 23.7 Å². The molecule has 4 aliphatic carbocycles. The number of nitrogens with zero attached hydrogens (tertiary/aromatic N) is 2. The van der Waals surface area contributed by atoms with E-state index in [0.717, 1.165) is 31.1 Å². The van der Waals surface area contributed by atoms with Crippen LogP contribution in [0.5, 0.6) is 0 Å². The highest BCUT2D eigenvalue weighted by atomic mass is 32.2. The van der Waals surface area contributed by atoms with Crippen molar-refractivity contribution in [3.63, 3.8) is 0 Å². The van der Waals surface area contributed by atoms with Gasteiger partial charge in [0, 0.05) is 31.2 Å². The Kier molecular flexibility index (Phi) is 5.21. The molecule has 0 N–H and O–H groups in total. The Balaban J connectivity index is 1.38. The average Bonchev–Trinajstić information content (AvgIpc) is 2.72. The molecule has 6 rings (SSSR count). The molecule has 1 aromatic rings. The molecule has 1 amide bonds. The Morgan fingerprint density at radius 1 is 1.03 bits per heavy atom. The number of piperidine rings is 1. The summed E-state index contributed by atoms with van der Waals surface area (Å²) in [6.07, 6.45) is 9.30. The summed E-state index contributed by atoms with van der Waals surface area (Å²) in [5.41, 5.74) is 0.497. The summed E-state index contributed by atoms with van der Waals surface area (Å²) in [6, 6.07) is 7.06. The van der Waals surface area contributed by atoms with E-state index in [0.29, 0.717) is 30.0 Å². The first-order valence-electron chi connectivity index (χ1n) is 11.7. The lowest BCUT2D eigenvalue weighted by Gasteiger charge is -2.56. The van der Waals surface area contributed by atoms with Crippen molar-refractivity contribution in [1.29, 1.82) is 0 Å². The molecule has 5 fully saturated rings. The van der Waals surface area contributed by atoms with Crippen LogP contribution in [0.3, 0.4) is 0 Å². The van der Waals surface area contributed by atoms with Crippen molar-refractivity contribution in [1.82, 2.24) is 9.21 Å². The van der Waals surface area contributed by atoms with Gasteiger partial charge < -0.3 is 4.90 Å². The second kappa shape index (κ2) is 7.63. The fourth-order valence-electron chi connectivity index (χ4n) is 7.22. The summed E-state index contributed by atoms with van der Waals surface area (Å²) in [4.78, 5) is 15.6. The maximum Gasteiger partial charge on any atom is 0.253 e. The molecule has 0 aromatic heterocycles. The quantitative estimate of drug-likeness (QED) is 0.721. The second-order valence-corrected chi connectivity index (χ2v) is 12.2. The fraction of sp³-hybridized carbons (Fsp3) is 0.708. The van der Waals surface area contributed by atoms with Gasteiger partial charge in [-0.05, 0) is 93.7 Å². The Hall–Kier alpha value is -1.40. The van der Waals surface area contributed by atoms with Crippen molar-refractivity contribution in [3.05, 3.63) is 29.8 Å². The number of benzene rings is 1. The lowest BCUT2D eigenvalue weighted by molar-refractivity contribution is -0.0491. The van der Waals surface area contributed by atoms with E-state index in [4.69, 9.17) is 0 Å². The fourth-order valence-corrected chi connectivity index (χ4v) is 8.97. The molecule has 0 radical (unpaired) electrons. The molecule has 1 saturated heterocycles. The van der Waals surface area contributed by atoms with Crippen molar-refractivity contribution in [2.45, 2.75) is 75.3 Å². The van der Waals surface area contributed by atoms with Crippen molar-refractivity contribution in [2.24, 2.45) is 23.7 Å². The molecule has 1 heterocycles. The Morgan fingerprint density at radius 3 is 2.33 bits per heavy atom. The van der Waals surface area contributed by atoms with Gasteiger partial charge in [-0.25, -0.2) is 8.42 Å². The first kappa shape index (κ1) is 20.5. The zero-order valence-corrected chi connectivity index (χ0v) is 19.0. The topological polar surface area (TPSA) is 57.7 Å². The van der Waals surface area contributed by atoms with Gasteiger partial charge in [-0.3, -0.25) is 4.79 Å². The third-order valence-corrected chi connectivity index (χ3v) is 10.4. The van der Waals surface area contributed by atoms with Gasteiger partial charge in [0.2, 0.25) is 10.0 Å². The van der Waals surface area contributed by atoms with Crippen molar-refractivity contribution in [3.8, 4) is 0 Å². The van der Waals surface area contributed by atoms with E-state index in [1.54, 1.807) is 28.6 Å². The van der Waals surface area contributed by atoms with Crippen LogP contribution in [-0.4, -0.2) is 49.2 Å². The molecule has 30 heavy (non-hydrogen) atoms. The number of hydrogen-bond donors (Lipinski definition) is 0. The molecule has 5 nitrogen and oxygen atoms in total. The van der Waals surface area contributed by atoms with Gasteiger partial charge in [0.05, 0.1) is 4.90 Å². The lowest BCUT2D eigenvalue weighted by atomic mass is 9.54. The smallest absolute Gasteiger partial charge is 0.253 e. The van der Waals surface area contributed by atoms with Crippen molar-refractivity contribution < 1.29 is 13.2 Å². The Labute approximate surface area is 180 Å². The first-order valence-corrected chi connectivity index (χ1v) is 13.2. The highest BCUT2D eigenvalue weighted by Gasteiger charge is 2.50. The summed E-state index contributed by atoms with van der Waals surface area (Å²) in [5, 5.41) is 0. The monoisotopic (exact) mass is 430 g/mol. The van der Waals surface area contributed by atoms with Crippen LogP contribution in [0.25, 0.3) is 0 Å². The van der Waals surface area contributed by atoms with E-state index in [2.05, 4.69) is 0 Å². The molecule has 1 aromatic carbocycles. The molecule has 164 valence electrons. The standard InChI is InChI=1S/C24H34N2O3S/c1-16-6-3-4-9-26(16)30(28,29)22-8-5-7-19(15-22)24(27)25(2)23-20-11-17-10-18(13-20)14-21(23)12-17/h5,7-8,15-18,20-21,23H,3-4,6,9-14H2,1-2H3. The van der Waals surface area contributed by atoms with Gasteiger partial charge in [-0.15, -0.1) is 0 Å². The number of amides is 1. The number of hydrogen-bond acceptors (Lipinski definition) is 3. The summed E-state index contributed by atoms with van der Waals surface area (Å²) in [6.45, 7) is 2.54. The number of rotatable bonds is 4. The van der Waals surface area contributed by atoms with E-state index < -0.39 is 10.0 Å². The maximum atomic E-state index is 13.4. The Morgan fingerprint density at radius 2 is 1.70 bits per heavy atom. The highest BCUT2D eigenvalue weighted by Crippen LogP contribution is 2.55. The van der Waals surface area contributed by atoms with Gasteiger partial charge in [0.15, 0.2) is 0 Å². The second-order valence-electron chi connectivity index (χ2n) is 10.3. The normalized spacial score (nSPS) is 36.1. The van der Waals surface area contributed by atoms with E-state index >= 15 is 0 Å². The van der Waals surface area contributed by atoms with E-state index in [1.807, 2.05) is 18.9 Å². The molecule has 1 atom stereocenters. The van der Waals surface area contributed by atoms with Gasteiger partial charge >= 0.3 is 0 Å². The third kappa shape index (κ3) is 3.40. The van der Waals surface area contributed by atoms with Crippen LogP contribution in [-0.2, 0) is 10.0 Å². The number of carbonyl (C=O) groups excluding carboxylic acids is 1. The first-order chi connectivity index (χ1) is 14.3. The van der Waals surface area contributed by atoms with Crippen molar-refractivity contribution >= 4 is 15.9 Å². The van der Waals surface area contributed by atoms with E-state index in [1.165, 1.54) is 32.1 Å². The summed E-state index contributed by atoms with van der Waals surface area (Å²) in [7, 11) is -1.64. The summed E-state index contributed by atoms with van der Waals surface area (Å²) in [5.74, 6) is 2.95. The molecule has 1 aliphatic heterocycles. The van der Waals surface area contributed by atoms with Crippen LogP contribution in [0.2, 0.25) is 0 Å². The largest absolute Gasteiger partial charge is 0.338 e. The molecule has 6 heteroatoms. The third-order valence-electron chi connectivity index (χ3n) is 8.37. The van der Waals surface area contributed by atoms with E-state index in [-0.39, 0.29) is 16.8 Å². The number of sulfonamides is 1. The van der Waals surface area contributed by atoms with Gasteiger partial charge in [0.1, 0.15) is 0 Å². The van der Waals surface area contributed by atoms with Crippen LogP contribution in [0.15, 0.2) is 29.2 Å². The van der Waals surface area contributed by atoms with Gasteiger partial charge in [0.25, 0.3) is 5.91 Å². The molecular formula is C24H34N2O3S. The van der Waals surface area contributed by atoms with Gasteiger partial charge in [-0.2, -0.15) is 4.31 Å². The van der Waals surface area contributed by atoms with Crippen LogP contribution in [0.4, 0.5) is 0 Å². The molecule has 4 saturated carbocycles. The summed E-state index contributed by atoms with van der Waals surface area (Å²) >= 11 is 0. The predicted molar refractivity (Wildman–Crippen MR) is 117 cm³/mol. The van der Waals surface area contributed by atoms with E-state index in [9.17, 15) is 13.2 Å². The van der Waals surface area contributed by atoms with Crippen LogP contribution >= 0.6 is 0 Å². The van der Waals surface area contributed by atoms with Crippen molar-refractivity contribution in [2.75, 3.05) is 13.6 Å². The Bertz CT molecular complexity index is 900. The zero-order chi connectivity index (χ0) is 21.0.